The highest BCUT2D eigenvalue weighted by atomic mass is 16.5. The van der Waals surface area contributed by atoms with E-state index in [2.05, 4.69) is 10.5 Å². The fraction of sp³-hybridized carbons (Fsp3) is 0.353. The second-order valence-corrected chi connectivity index (χ2v) is 5.10. The van der Waals surface area contributed by atoms with Gasteiger partial charge < -0.3 is 19.3 Å². The molecule has 7 nitrogen and oxygen atoms in total. The molecule has 0 atom stereocenters. The molecule has 0 aliphatic heterocycles. The van der Waals surface area contributed by atoms with Crippen molar-refractivity contribution in [3.05, 3.63) is 46.8 Å². The van der Waals surface area contributed by atoms with E-state index >= 15 is 0 Å². The Kier molecular flexibility index (Phi) is 5.95. The fourth-order valence-electron chi connectivity index (χ4n) is 2.04. The van der Waals surface area contributed by atoms with Gasteiger partial charge in [-0.1, -0.05) is 5.16 Å². The summed E-state index contributed by atoms with van der Waals surface area (Å²) in [5.41, 5.74) is 1.86. The summed E-state index contributed by atoms with van der Waals surface area (Å²) in [7, 11) is 0. The van der Waals surface area contributed by atoms with Gasteiger partial charge in [0, 0.05) is 5.56 Å². The van der Waals surface area contributed by atoms with Crippen molar-refractivity contribution >= 4 is 11.9 Å². The number of benzene rings is 1. The molecular weight excluding hydrogens is 312 g/mol. The first-order valence-electron chi connectivity index (χ1n) is 7.59. The molecule has 7 heteroatoms. The summed E-state index contributed by atoms with van der Waals surface area (Å²) in [6.07, 6.45) is 0. The first kappa shape index (κ1) is 17.5. The number of hydrogen-bond acceptors (Lipinski definition) is 6. The molecule has 0 aliphatic carbocycles. The third-order valence-electron chi connectivity index (χ3n) is 3.38. The first-order chi connectivity index (χ1) is 11.5. The standard InChI is InChI=1S/C17H20N2O5/c1-4-22-14-7-5-13(6-8-14)17(21)18-9-16(20)23-10-15-11(2)19-24-12(15)3/h5-8H,4,9-10H2,1-3H3,(H,18,21). The van der Waals surface area contributed by atoms with Crippen molar-refractivity contribution in [2.75, 3.05) is 13.2 Å². The molecule has 0 aliphatic rings. The number of carbonyl (C=O) groups excluding carboxylic acids is 2. The Balaban J connectivity index is 1.79. The molecule has 1 amide bonds. The predicted molar refractivity (Wildman–Crippen MR) is 85.7 cm³/mol. The quantitative estimate of drug-likeness (QED) is 0.781. The monoisotopic (exact) mass is 332 g/mol. The number of carbonyl (C=O) groups is 2. The van der Waals surface area contributed by atoms with Crippen LogP contribution >= 0.6 is 0 Å². The number of aryl methyl sites for hydroxylation is 2. The Morgan fingerprint density at radius 3 is 2.50 bits per heavy atom. The van der Waals surface area contributed by atoms with Crippen molar-refractivity contribution in [2.45, 2.75) is 27.4 Å². The van der Waals surface area contributed by atoms with Gasteiger partial charge in [0.25, 0.3) is 5.91 Å². The maximum atomic E-state index is 12.0. The highest BCUT2D eigenvalue weighted by Gasteiger charge is 2.13. The van der Waals surface area contributed by atoms with Crippen LogP contribution in [0.15, 0.2) is 28.8 Å². The molecule has 1 aromatic heterocycles. The van der Waals surface area contributed by atoms with Crippen LogP contribution in [-0.4, -0.2) is 30.2 Å². The maximum Gasteiger partial charge on any atom is 0.325 e. The minimum atomic E-state index is -0.533. The molecule has 0 fully saturated rings. The SMILES string of the molecule is CCOc1ccc(C(=O)NCC(=O)OCc2c(C)noc2C)cc1. The first-order valence-corrected chi connectivity index (χ1v) is 7.59. The summed E-state index contributed by atoms with van der Waals surface area (Å²) >= 11 is 0. The van der Waals surface area contributed by atoms with Crippen molar-refractivity contribution in [1.82, 2.24) is 10.5 Å². The van der Waals surface area contributed by atoms with Crippen LogP contribution in [0, 0.1) is 13.8 Å². The molecule has 0 unspecified atom stereocenters. The Hall–Kier alpha value is -2.83. The summed E-state index contributed by atoms with van der Waals surface area (Å²) in [5.74, 6) is 0.410. The zero-order chi connectivity index (χ0) is 17.5. The predicted octanol–water partition coefficient (Wildman–Crippen LogP) is 2.16. The maximum absolute atomic E-state index is 12.0. The van der Waals surface area contributed by atoms with Gasteiger partial charge in [0.2, 0.25) is 0 Å². The lowest BCUT2D eigenvalue weighted by Gasteiger charge is -2.07. The van der Waals surface area contributed by atoms with Gasteiger partial charge in [-0.05, 0) is 45.0 Å². The molecule has 0 saturated heterocycles. The van der Waals surface area contributed by atoms with Gasteiger partial charge in [0.1, 0.15) is 24.7 Å². The average molecular weight is 332 g/mol. The van der Waals surface area contributed by atoms with Crippen LogP contribution in [-0.2, 0) is 16.1 Å². The summed E-state index contributed by atoms with van der Waals surface area (Å²) in [6.45, 7) is 5.82. The topological polar surface area (TPSA) is 90.7 Å². The van der Waals surface area contributed by atoms with Crippen molar-refractivity contribution in [1.29, 1.82) is 0 Å². The highest BCUT2D eigenvalue weighted by Crippen LogP contribution is 2.13. The fourth-order valence-corrected chi connectivity index (χ4v) is 2.04. The molecular formula is C17H20N2O5. The van der Waals surface area contributed by atoms with Crippen LogP contribution in [0.2, 0.25) is 0 Å². The molecule has 1 aromatic carbocycles. The molecule has 1 N–H and O–H groups in total. The van der Waals surface area contributed by atoms with Crippen LogP contribution in [0.5, 0.6) is 5.75 Å². The number of aromatic nitrogens is 1. The third-order valence-corrected chi connectivity index (χ3v) is 3.38. The zero-order valence-electron chi connectivity index (χ0n) is 13.9. The minimum absolute atomic E-state index is 0.0684. The van der Waals surface area contributed by atoms with Gasteiger partial charge in [0.15, 0.2) is 0 Å². The Labute approximate surface area is 139 Å². The number of nitrogens with zero attached hydrogens (tertiary/aromatic N) is 1. The number of rotatable bonds is 7. The van der Waals surface area contributed by atoms with E-state index in [9.17, 15) is 9.59 Å². The van der Waals surface area contributed by atoms with E-state index in [0.717, 1.165) is 5.56 Å². The van der Waals surface area contributed by atoms with Crippen LogP contribution in [0.4, 0.5) is 0 Å². The van der Waals surface area contributed by atoms with Gasteiger partial charge in [-0.15, -0.1) is 0 Å². The van der Waals surface area contributed by atoms with E-state index in [1.165, 1.54) is 0 Å². The number of esters is 1. The summed E-state index contributed by atoms with van der Waals surface area (Å²) in [6, 6.07) is 6.67. The number of hydrogen-bond donors (Lipinski definition) is 1. The summed E-state index contributed by atoms with van der Waals surface area (Å²) in [4.78, 5) is 23.7. The Morgan fingerprint density at radius 1 is 1.21 bits per heavy atom. The number of nitrogens with one attached hydrogen (secondary N) is 1. The average Bonchev–Trinajstić information content (AvgIpc) is 2.90. The van der Waals surface area contributed by atoms with E-state index in [1.807, 2.05) is 6.92 Å². The highest BCUT2D eigenvalue weighted by molar-refractivity contribution is 5.96. The van der Waals surface area contributed by atoms with Crippen molar-refractivity contribution in [3.8, 4) is 5.75 Å². The molecule has 0 saturated carbocycles. The van der Waals surface area contributed by atoms with Crippen LogP contribution in [0.3, 0.4) is 0 Å². The molecule has 128 valence electrons. The van der Waals surface area contributed by atoms with Gasteiger partial charge in [-0.2, -0.15) is 0 Å². The smallest absolute Gasteiger partial charge is 0.325 e. The van der Waals surface area contributed by atoms with E-state index in [0.29, 0.717) is 29.4 Å². The van der Waals surface area contributed by atoms with Gasteiger partial charge in [-0.25, -0.2) is 0 Å². The lowest BCUT2D eigenvalue weighted by Crippen LogP contribution is -2.30. The lowest BCUT2D eigenvalue weighted by molar-refractivity contribution is -0.143. The molecule has 0 bridgehead atoms. The number of ether oxygens (including phenoxy) is 2. The Bertz CT molecular complexity index is 687. The third kappa shape index (κ3) is 4.58. The van der Waals surface area contributed by atoms with E-state index in [1.54, 1.807) is 38.1 Å². The minimum Gasteiger partial charge on any atom is -0.494 e. The molecule has 2 rings (SSSR count). The summed E-state index contributed by atoms with van der Waals surface area (Å²) < 4.78 is 15.4. The van der Waals surface area contributed by atoms with Crippen LogP contribution in [0.1, 0.15) is 34.3 Å². The van der Waals surface area contributed by atoms with Gasteiger partial charge >= 0.3 is 5.97 Å². The van der Waals surface area contributed by atoms with E-state index < -0.39 is 5.97 Å². The zero-order valence-corrected chi connectivity index (χ0v) is 13.9. The second kappa shape index (κ2) is 8.14. The Morgan fingerprint density at radius 2 is 1.92 bits per heavy atom. The molecule has 1 heterocycles. The van der Waals surface area contributed by atoms with E-state index in [-0.39, 0.29) is 19.1 Å². The molecule has 24 heavy (non-hydrogen) atoms. The number of amides is 1. The normalized spacial score (nSPS) is 10.3. The van der Waals surface area contributed by atoms with Gasteiger partial charge in [-0.3, -0.25) is 9.59 Å². The van der Waals surface area contributed by atoms with Crippen molar-refractivity contribution < 1.29 is 23.6 Å². The summed E-state index contributed by atoms with van der Waals surface area (Å²) in [5, 5.41) is 6.30. The van der Waals surface area contributed by atoms with Gasteiger partial charge in [0.05, 0.1) is 17.9 Å². The molecule has 0 radical (unpaired) electrons. The largest absolute Gasteiger partial charge is 0.494 e. The van der Waals surface area contributed by atoms with Crippen molar-refractivity contribution in [3.63, 3.8) is 0 Å². The lowest BCUT2D eigenvalue weighted by atomic mass is 10.2. The second-order valence-electron chi connectivity index (χ2n) is 5.10. The van der Waals surface area contributed by atoms with Crippen LogP contribution in [0.25, 0.3) is 0 Å². The molecule has 0 spiro atoms. The molecule has 2 aromatic rings. The van der Waals surface area contributed by atoms with Crippen molar-refractivity contribution in [2.24, 2.45) is 0 Å². The van der Waals surface area contributed by atoms with Crippen LogP contribution < -0.4 is 10.1 Å². The van der Waals surface area contributed by atoms with E-state index in [4.69, 9.17) is 14.0 Å².